The molecule has 67 heavy (non-hydrogen) atoms. The molecule has 368 valence electrons. The van der Waals surface area contributed by atoms with E-state index in [1.165, 1.54) is 0 Å². The second-order valence-electron chi connectivity index (χ2n) is 22.7. The predicted molar refractivity (Wildman–Crippen MR) is 253 cm³/mol. The van der Waals surface area contributed by atoms with Crippen molar-refractivity contribution >= 4 is 23.5 Å². The summed E-state index contributed by atoms with van der Waals surface area (Å²) in [5.74, 6) is 0.291. The Labute approximate surface area is 398 Å². The highest BCUT2D eigenvalue weighted by molar-refractivity contribution is 5.92. The van der Waals surface area contributed by atoms with Gasteiger partial charge in [0.05, 0.1) is 55.4 Å². The summed E-state index contributed by atoms with van der Waals surface area (Å²) >= 11 is 0. The minimum absolute atomic E-state index is 0.00585. The van der Waals surface area contributed by atoms with Crippen LogP contribution in [-0.4, -0.2) is 90.3 Å². The van der Waals surface area contributed by atoms with Gasteiger partial charge in [0.15, 0.2) is 12.4 Å². The molecule has 0 amide bonds. The van der Waals surface area contributed by atoms with Crippen molar-refractivity contribution in [3.8, 4) is 0 Å². The first-order valence-electron chi connectivity index (χ1n) is 25.8. The zero-order chi connectivity index (χ0) is 47.8. The molecule has 19 atom stereocenters. The Morgan fingerprint density at radius 1 is 0.806 bits per heavy atom. The van der Waals surface area contributed by atoms with E-state index in [9.17, 15) is 29.4 Å². The molecule has 2 N–H and O–H groups in total. The van der Waals surface area contributed by atoms with Crippen LogP contribution in [0, 0.1) is 75.9 Å². The lowest BCUT2D eigenvalue weighted by Crippen LogP contribution is -2.55. The highest BCUT2D eigenvalue weighted by atomic mass is 16.7. The standard InChI is InChI=1S/C56H78O11/c1-32(29-64-54-51(34(3)33(2)30-65-54)67-53(62)38-16-12-9-13-17-38)18-21-45(57)35(4)48-46(58)28-44-42-20-19-40-27-41(22-24-55(40,6)43(42)23-25-56(44,48)7)66-47-26-39(49(59)36(5)50(47)60)31-63-52(61)37-14-10-8-11-15-37/h8-17,32-36,39-44,47-51,54,59-60H,18-31H2,1-7H3/t32-,33-,34-,35+,36-,39?,40?,41?,42?,43?,44?,47+,48?,49-,50?,51?,54+,55?,56?/m0/s1. The number of aliphatic hydroxyl groups excluding tert-OH is 2. The van der Waals surface area contributed by atoms with Crippen LogP contribution in [0.1, 0.15) is 140 Å². The molecule has 0 aromatic heterocycles. The molecule has 11 unspecified atom stereocenters. The van der Waals surface area contributed by atoms with Gasteiger partial charge in [-0.05, 0) is 128 Å². The molecular formula is C56H78O11. The van der Waals surface area contributed by atoms with Gasteiger partial charge in [0, 0.05) is 42.4 Å². The topological polar surface area (TPSA) is 155 Å². The number of hydrogen-bond acceptors (Lipinski definition) is 11. The first kappa shape index (κ1) is 49.9. The van der Waals surface area contributed by atoms with Crippen LogP contribution in [-0.2, 0) is 33.3 Å². The molecule has 5 saturated carbocycles. The lowest BCUT2D eigenvalue weighted by atomic mass is 9.44. The first-order chi connectivity index (χ1) is 32.0. The molecule has 2 aromatic rings. The van der Waals surface area contributed by atoms with Gasteiger partial charge >= 0.3 is 11.9 Å². The van der Waals surface area contributed by atoms with Gasteiger partial charge in [0.2, 0.25) is 0 Å². The van der Waals surface area contributed by atoms with E-state index in [4.69, 9.17) is 23.7 Å². The summed E-state index contributed by atoms with van der Waals surface area (Å²) in [6.07, 6.45) is 5.78. The van der Waals surface area contributed by atoms with E-state index in [0.29, 0.717) is 67.8 Å². The molecule has 1 heterocycles. The van der Waals surface area contributed by atoms with Crippen LogP contribution in [0.4, 0.5) is 0 Å². The minimum atomic E-state index is -0.807. The quantitative estimate of drug-likeness (QED) is 0.164. The maximum atomic E-state index is 14.2. The fourth-order valence-corrected chi connectivity index (χ4v) is 14.2. The van der Waals surface area contributed by atoms with Crippen LogP contribution in [0.2, 0.25) is 0 Å². The maximum absolute atomic E-state index is 14.2. The van der Waals surface area contributed by atoms with Gasteiger partial charge in [0.1, 0.15) is 11.6 Å². The predicted octanol–water partition coefficient (Wildman–Crippen LogP) is 9.31. The largest absolute Gasteiger partial charge is 0.462 e. The van der Waals surface area contributed by atoms with Crippen molar-refractivity contribution < 1.29 is 53.1 Å². The summed E-state index contributed by atoms with van der Waals surface area (Å²) in [5.41, 5.74) is 0.892. The van der Waals surface area contributed by atoms with Crippen LogP contribution >= 0.6 is 0 Å². The molecule has 1 saturated heterocycles. The highest BCUT2D eigenvalue weighted by Crippen LogP contribution is 2.68. The molecule has 8 rings (SSSR count). The van der Waals surface area contributed by atoms with Crippen molar-refractivity contribution in [2.45, 2.75) is 156 Å². The molecule has 6 aliphatic rings. The molecule has 11 nitrogen and oxygen atoms in total. The third-order valence-electron chi connectivity index (χ3n) is 18.7. The highest BCUT2D eigenvalue weighted by Gasteiger charge is 2.63. The lowest BCUT2D eigenvalue weighted by molar-refractivity contribution is -0.245. The summed E-state index contributed by atoms with van der Waals surface area (Å²) in [5, 5.41) is 22.4. The zero-order valence-corrected chi connectivity index (χ0v) is 41.1. The van der Waals surface area contributed by atoms with Crippen molar-refractivity contribution in [3.05, 3.63) is 71.8 Å². The smallest absolute Gasteiger partial charge is 0.338 e. The average Bonchev–Trinajstić information content (AvgIpc) is 3.61. The van der Waals surface area contributed by atoms with Crippen molar-refractivity contribution in [2.75, 3.05) is 19.8 Å². The lowest BCUT2D eigenvalue weighted by Gasteiger charge is -2.61. The second kappa shape index (κ2) is 20.9. The Balaban J connectivity index is 0.824. The number of ether oxygens (including phenoxy) is 5. The van der Waals surface area contributed by atoms with E-state index < -0.39 is 48.6 Å². The molecule has 6 fully saturated rings. The summed E-state index contributed by atoms with van der Waals surface area (Å²) in [4.78, 5) is 53.9. The third kappa shape index (κ3) is 10.2. The van der Waals surface area contributed by atoms with E-state index in [0.717, 1.165) is 44.9 Å². The Morgan fingerprint density at radius 2 is 1.48 bits per heavy atom. The van der Waals surface area contributed by atoms with Gasteiger partial charge in [-0.2, -0.15) is 0 Å². The Morgan fingerprint density at radius 3 is 2.18 bits per heavy atom. The molecule has 5 aliphatic carbocycles. The summed E-state index contributed by atoms with van der Waals surface area (Å²) in [6.45, 7) is 15.8. The number of hydrogen-bond donors (Lipinski definition) is 2. The number of ketones is 2. The maximum Gasteiger partial charge on any atom is 0.338 e. The fraction of sp³-hybridized carbons (Fsp3) is 0.714. The Hall–Kier alpha value is -3.48. The normalized spacial score (nSPS) is 40.4. The van der Waals surface area contributed by atoms with Crippen LogP contribution in [0.5, 0.6) is 0 Å². The molecule has 0 bridgehead atoms. The van der Waals surface area contributed by atoms with Gasteiger partial charge in [0.25, 0.3) is 0 Å². The minimum Gasteiger partial charge on any atom is -0.462 e. The number of Topliss-reactive ketones (excluding diaryl/α,β-unsaturated/α-hetero) is 2. The van der Waals surface area contributed by atoms with E-state index in [1.54, 1.807) is 36.4 Å². The van der Waals surface area contributed by atoms with Crippen LogP contribution in [0.25, 0.3) is 0 Å². The summed E-state index contributed by atoms with van der Waals surface area (Å²) < 4.78 is 30.8. The molecule has 2 aromatic carbocycles. The summed E-state index contributed by atoms with van der Waals surface area (Å²) in [7, 11) is 0. The number of benzene rings is 2. The summed E-state index contributed by atoms with van der Waals surface area (Å²) in [6, 6.07) is 17.8. The van der Waals surface area contributed by atoms with Gasteiger partial charge in [-0.25, -0.2) is 9.59 Å². The number of esters is 2. The van der Waals surface area contributed by atoms with E-state index in [1.807, 2.05) is 38.1 Å². The molecule has 11 heteroatoms. The molecule has 1 aliphatic heterocycles. The third-order valence-corrected chi connectivity index (χ3v) is 18.7. The van der Waals surface area contributed by atoms with E-state index >= 15 is 0 Å². The molecule has 0 radical (unpaired) electrons. The van der Waals surface area contributed by atoms with Gasteiger partial charge < -0.3 is 33.9 Å². The van der Waals surface area contributed by atoms with Crippen molar-refractivity contribution in [1.82, 2.24) is 0 Å². The van der Waals surface area contributed by atoms with Crippen LogP contribution in [0.15, 0.2) is 60.7 Å². The fourth-order valence-electron chi connectivity index (χ4n) is 14.2. The van der Waals surface area contributed by atoms with Gasteiger partial charge in [-0.1, -0.05) is 84.9 Å². The van der Waals surface area contributed by atoms with Crippen molar-refractivity contribution in [2.24, 2.45) is 75.9 Å². The number of carbonyl (C=O) groups excluding carboxylic acids is 4. The van der Waals surface area contributed by atoms with Gasteiger partial charge in [-0.3, -0.25) is 9.59 Å². The van der Waals surface area contributed by atoms with E-state index in [2.05, 4.69) is 34.6 Å². The number of rotatable bonds is 15. The number of fused-ring (bicyclic) bond motifs is 5. The Bertz CT molecular complexity index is 2030. The number of aliphatic hydroxyl groups is 2. The van der Waals surface area contributed by atoms with Crippen LogP contribution in [0.3, 0.4) is 0 Å². The molecule has 0 spiro atoms. The average molecular weight is 927 g/mol. The zero-order valence-electron chi connectivity index (χ0n) is 41.1. The van der Waals surface area contributed by atoms with E-state index in [-0.39, 0.29) is 76.5 Å². The molecular weight excluding hydrogens is 849 g/mol. The first-order valence-corrected chi connectivity index (χ1v) is 25.8. The van der Waals surface area contributed by atoms with Crippen molar-refractivity contribution in [1.29, 1.82) is 0 Å². The monoisotopic (exact) mass is 927 g/mol. The van der Waals surface area contributed by atoms with Crippen LogP contribution < -0.4 is 0 Å². The van der Waals surface area contributed by atoms with Gasteiger partial charge in [-0.15, -0.1) is 0 Å². The second-order valence-corrected chi connectivity index (χ2v) is 22.7. The van der Waals surface area contributed by atoms with Crippen molar-refractivity contribution in [3.63, 3.8) is 0 Å². The SMILES string of the molecule is C[C@@H](CCC(=O)[C@@H](C)C1C(=O)CC2C3CCC4CC(O[C@@H]5CC(COC(=O)c6ccccc6)[C@@H](O)[C@H](C)C5O)CCC4(C)C3CCC21C)CO[C@@H]1OC[C@H](C)[C@H](C)C1OC(=O)c1ccccc1. The number of carbonyl (C=O) groups is 4. The Kier molecular flexibility index (Phi) is 15.5.